The Hall–Kier alpha value is -2.49. The van der Waals surface area contributed by atoms with Crippen molar-refractivity contribution in [1.82, 2.24) is 0 Å². The molecule has 0 aliphatic carbocycles. The van der Waals surface area contributed by atoms with Gasteiger partial charge < -0.3 is 15.8 Å². The number of nitrogens with one attached hydrogen (secondary N) is 1. The van der Waals surface area contributed by atoms with Gasteiger partial charge in [0.1, 0.15) is 0 Å². The predicted molar refractivity (Wildman–Crippen MR) is 80.7 cm³/mol. The third-order valence-corrected chi connectivity index (χ3v) is 3.12. The number of hydrogen-bond acceptors (Lipinski definition) is 4. The standard InChI is InChI=1S/C16H18N2O2/c1-11(12-6-4-3-5-7-12)18-15-9-8-13(17)10-14(15)16(19)20-2/h3-11,18H,17H2,1-2H3. The van der Waals surface area contributed by atoms with Crippen LogP contribution in [0.25, 0.3) is 0 Å². The molecule has 0 saturated carbocycles. The number of rotatable bonds is 4. The average Bonchev–Trinajstić information content (AvgIpc) is 2.49. The van der Waals surface area contributed by atoms with Gasteiger partial charge in [-0.05, 0) is 30.7 Å². The van der Waals surface area contributed by atoms with E-state index in [2.05, 4.69) is 5.32 Å². The minimum absolute atomic E-state index is 0.0724. The zero-order chi connectivity index (χ0) is 14.5. The van der Waals surface area contributed by atoms with Crippen LogP contribution in [0, 0.1) is 0 Å². The van der Waals surface area contributed by atoms with Crippen LogP contribution in [0.4, 0.5) is 11.4 Å². The minimum Gasteiger partial charge on any atom is -0.465 e. The molecular weight excluding hydrogens is 252 g/mol. The summed E-state index contributed by atoms with van der Waals surface area (Å²) >= 11 is 0. The van der Waals surface area contributed by atoms with E-state index >= 15 is 0 Å². The molecule has 0 saturated heterocycles. The van der Waals surface area contributed by atoms with Gasteiger partial charge in [-0.2, -0.15) is 0 Å². The summed E-state index contributed by atoms with van der Waals surface area (Å²) in [6, 6.07) is 15.2. The van der Waals surface area contributed by atoms with Crippen LogP contribution in [0.5, 0.6) is 0 Å². The maximum Gasteiger partial charge on any atom is 0.340 e. The second-order valence-electron chi connectivity index (χ2n) is 4.57. The summed E-state index contributed by atoms with van der Waals surface area (Å²) < 4.78 is 4.78. The number of anilines is 2. The molecule has 0 bridgehead atoms. The molecule has 2 rings (SSSR count). The molecule has 0 radical (unpaired) electrons. The summed E-state index contributed by atoms with van der Waals surface area (Å²) in [6.07, 6.45) is 0. The normalized spacial score (nSPS) is 11.7. The fourth-order valence-corrected chi connectivity index (χ4v) is 2.02. The quantitative estimate of drug-likeness (QED) is 0.661. The summed E-state index contributed by atoms with van der Waals surface area (Å²) in [5.74, 6) is -0.403. The molecule has 2 aromatic carbocycles. The van der Waals surface area contributed by atoms with E-state index in [1.165, 1.54) is 7.11 Å². The molecule has 0 aliphatic rings. The SMILES string of the molecule is COC(=O)c1cc(N)ccc1NC(C)c1ccccc1. The van der Waals surface area contributed by atoms with Crippen molar-refractivity contribution >= 4 is 17.3 Å². The van der Waals surface area contributed by atoms with Gasteiger partial charge in [0.15, 0.2) is 0 Å². The molecule has 104 valence electrons. The van der Waals surface area contributed by atoms with Crippen LogP contribution in [0.1, 0.15) is 28.9 Å². The Labute approximate surface area is 118 Å². The molecule has 0 spiro atoms. The molecule has 4 heteroatoms. The topological polar surface area (TPSA) is 64.3 Å². The smallest absolute Gasteiger partial charge is 0.340 e. The second kappa shape index (κ2) is 6.10. The first-order valence-corrected chi connectivity index (χ1v) is 6.41. The lowest BCUT2D eigenvalue weighted by atomic mass is 10.1. The first-order valence-electron chi connectivity index (χ1n) is 6.41. The lowest BCUT2D eigenvalue weighted by Gasteiger charge is -2.18. The first kappa shape index (κ1) is 13.9. The fourth-order valence-electron chi connectivity index (χ4n) is 2.02. The van der Waals surface area contributed by atoms with Crippen LogP contribution in [-0.4, -0.2) is 13.1 Å². The van der Waals surface area contributed by atoms with E-state index in [0.29, 0.717) is 16.9 Å². The number of carbonyl (C=O) groups is 1. The minimum atomic E-state index is -0.403. The number of ether oxygens (including phenoxy) is 1. The summed E-state index contributed by atoms with van der Waals surface area (Å²) in [5.41, 5.74) is 8.55. The van der Waals surface area contributed by atoms with E-state index < -0.39 is 5.97 Å². The Morgan fingerprint density at radius 3 is 2.55 bits per heavy atom. The third kappa shape index (κ3) is 3.09. The molecular formula is C16H18N2O2. The average molecular weight is 270 g/mol. The van der Waals surface area contributed by atoms with E-state index in [-0.39, 0.29) is 6.04 Å². The highest BCUT2D eigenvalue weighted by Crippen LogP contribution is 2.24. The van der Waals surface area contributed by atoms with E-state index in [1.807, 2.05) is 37.3 Å². The molecule has 4 nitrogen and oxygen atoms in total. The lowest BCUT2D eigenvalue weighted by molar-refractivity contribution is 0.0602. The van der Waals surface area contributed by atoms with E-state index in [0.717, 1.165) is 5.56 Å². The van der Waals surface area contributed by atoms with E-state index in [4.69, 9.17) is 10.5 Å². The van der Waals surface area contributed by atoms with Crippen molar-refractivity contribution < 1.29 is 9.53 Å². The largest absolute Gasteiger partial charge is 0.465 e. The maximum atomic E-state index is 11.8. The molecule has 1 atom stereocenters. The zero-order valence-corrected chi connectivity index (χ0v) is 11.6. The first-order chi connectivity index (χ1) is 9.61. The summed E-state index contributed by atoms with van der Waals surface area (Å²) in [4.78, 5) is 11.8. The molecule has 0 amide bonds. The number of esters is 1. The van der Waals surface area contributed by atoms with Gasteiger partial charge >= 0.3 is 5.97 Å². The van der Waals surface area contributed by atoms with Gasteiger partial charge in [-0.25, -0.2) is 4.79 Å². The third-order valence-electron chi connectivity index (χ3n) is 3.12. The van der Waals surface area contributed by atoms with Gasteiger partial charge in [0.05, 0.1) is 12.7 Å². The highest BCUT2D eigenvalue weighted by molar-refractivity contribution is 5.96. The van der Waals surface area contributed by atoms with Crippen LogP contribution >= 0.6 is 0 Å². The number of benzene rings is 2. The van der Waals surface area contributed by atoms with Crippen LogP contribution in [0.15, 0.2) is 48.5 Å². The van der Waals surface area contributed by atoms with Gasteiger partial charge in [0.25, 0.3) is 0 Å². The molecule has 1 unspecified atom stereocenters. The highest BCUT2D eigenvalue weighted by atomic mass is 16.5. The van der Waals surface area contributed by atoms with Crippen molar-refractivity contribution in [1.29, 1.82) is 0 Å². The van der Waals surface area contributed by atoms with Crippen molar-refractivity contribution in [3.05, 3.63) is 59.7 Å². The Balaban J connectivity index is 2.27. The summed E-state index contributed by atoms with van der Waals surface area (Å²) in [5, 5.41) is 3.31. The molecule has 0 aliphatic heterocycles. The summed E-state index contributed by atoms with van der Waals surface area (Å²) in [6.45, 7) is 2.03. The van der Waals surface area contributed by atoms with Crippen molar-refractivity contribution in [3.8, 4) is 0 Å². The number of methoxy groups -OCH3 is 1. The van der Waals surface area contributed by atoms with E-state index in [9.17, 15) is 4.79 Å². The summed E-state index contributed by atoms with van der Waals surface area (Å²) in [7, 11) is 1.36. The Bertz CT molecular complexity index is 597. The monoisotopic (exact) mass is 270 g/mol. The predicted octanol–water partition coefficient (Wildman–Crippen LogP) is 3.23. The molecule has 0 fully saturated rings. The van der Waals surface area contributed by atoms with Crippen LogP contribution < -0.4 is 11.1 Å². The van der Waals surface area contributed by atoms with Gasteiger partial charge in [-0.15, -0.1) is 0 Å². The van der Waals surface area contributed by atoms with Crippen LogP contribution in [0.3, 0.4) is 0 Å². The molecule has 3 N–H and O–H groups in total. The van der Waals surface area contributed by atoms with Crippen molar-refractivity contribution in [2.75, 3.05) is 18.2 Å². The van der Waals surface area contributed by atoms with Crippen molar-refractivity contribution in [2.24, 2.45) is 0 Å². The maximum absolute atomic E-state index is 11.8. The number of hydrogen-bond donors (Lipinski definition) is 2. The number of nitrogen functional groups attached to an aromatic ring is 1. The number of carbonyl (C=O) groups excluding carboxylic acids is 1. The van der Waals surface area contributed by atoms with E-state index in [1.54, 1.807) is 18.2 Å². The van der Waals surface area contributed by atoms with Gasteiger partial charge in [-0.1, -0.05) is 30.3 Å². The zero-order valence-electron chi connectivity index (χ0n) is 11.6. The molecule has 2 aromatic rings. The Kier molecular flexibility index (Phi) is 4.25. The second-order valence-corrected chi connectivity index (χ2v) is 4.57. The Morgan fingerprint density at radius 1 is 1.20 bits per heavy atom. The molecule has 20 heavy (non-hydrogen) atoms. The van der Waals surface area contributed by atoms with Crippen LogP contribution in [0.2, 0.25) is 0 Å². The Morgan fingerprint density at radius 2 is 1.90 bits per heavy atom. The highest BCUT2D eigenvalue weighted by Gasteiger charge is 2.14. The number of nitrogens with two attached hydrogens (primary N) is 1. The van der Waals surface area contributed by atoms with Crippen molar-refractivity contribution in [2.45, 2.75) is 13.0 Å². The van der Waals surface area contributed by atoms with Gasteiger partial charge in [-0.3, -0.25) is 0 Å². The van der Waals surface area contributed by atoms with Gasteiger partial charge in [0, 0.05) is 17.4 Å². The van der Waals surface area contributed by atoms with Crippen LogP contribution in [-0.2, 0) is 4.74 Å². The van der Waals surface area contributed by atoms with Crippen molar-refractivity contribution in [3.63, 3.8) is 0 Å². The fraction of sp³-hybridized carbons (Fsp3) is 0.188. The molecule has 0 aromatic heterocycles. The van der Waals surface area contributed by atoms with Gasteiger partial charge in [0.2, 0.25) is 0 Å². The molecule has 0 heterocycles. The lowest BCUT2D eigenvalue weighted by Crippen LogP contribution is -2.12.